The number of benzene rings is 4. The molecule has 0 bridgehead atoms. The Labute approximate surface area is 163 Å². The van der Waals surface area contributed by atoms with Crippen molar-refractivity contribution in [3.05, 3.63) is 72.8 Å². The summed E-state index contributed by atoms with van der Waals surface area (Å²) < 4.78 is 0. The third kappa shape index (κ3) is 2.79. The van der Waals surface area contributed by atoms with Gasteiger partial charge in [-0.3, -0.25) is 9.59 Å². The maximum atomic E-state index is 11.6. The molecule has 4 rings (SSSR count). The molecule has 0 fully saturated rings. The lowest BCUT2D eigenvalue weighted by Crippen LogP contribution is -2.17. The largest absolute Gasteiger partial charge is 0.317 e. The van der Waals surface area contributed by atoms with E-state index in [1.54, 1.807) is 23.9 Å². The van der Waals surface area contributed by atoms with Crippen molar-refractivity contribution in [2.24, 2.45) is 0 Å². The Morgan fingerprint density at radius 3 is 1.36 bits per heavy atom. The van der Waals surface area contributed by atoms with Crippen LogP contribution in [0.5, 0.6) is 0 Å². The highest BCUT2D eigenvalue weighted by Gasteiger charge is 2.20. The van der Waals surface area contributed by atoms with Crippen LogP contribution in [0.1, 0.15) is 0 Å². The second-order valence-corrected chi connectivity index (χ2v) is 6.79. The minimum atomic E-state index is 0.797. The Hall–Kier alpha value is -3.66. The van der Waals surface area contributed by atoms with Crippen molar-refractivity contribution in [1.82, 2.24) is 0 Å². The van der Waals surface area contributed by atoms with Gasteiger partial charge in [0.1, 0.15) is 0 Å². The number of hydrogen-bond acceptors (Lipinski definition) is 2. The fourth-order valence-corrected chi connectivity index (χ4v) is 3.75. The normalized spacial score (nSPS) is 10.8. The molecule has 0 heterocycles. The van der Waals surface area contributed by atoms with Crippen molar-refractivity contribution in [3.63, 3.8) is 0 Å². The number of nitrogens with zero attached hydrogens (tertiary/aromatic N) is 2. The van der Waals surface area contributed by atoms with Crippen molar-refractivity contribution >= 4 is 45.7 Å². The van der Waals surface area contributed by atoms with Crippen molar-refractivity contribution in [3.8, 4) is 11.1 Å². The molecule has 0 aliphatic carbocycles. The summed E-state index contributed by atoms with van der Waals surface area (Å²) in [6.45, 7) is 0. The lowest BCUT2D eigenvalue weighted by atomic mass is 9.90. The first-order valence-electron chi connectivity index (χ1n) is 9.06. The number of rotatable bonds is 5. The van der Waals surface area contributed by atoms with E-state index in [0.717, 1.165) is 56.9 Å². The molecule has 4 aromatic rings. The van der Waals surface area contributed by atoms with E-state index in [1.165, 1.54) is 0 Å². The summed E-state index contributed by atoms with van der Waals surface area (Å²) in [5.74, 6) is 0. The van der Waals surface area contributed by atoms with E-state index in [0.29, 0.717) is 0 Å². The molecule has 4 nitrogen and oxygen atoms in total. The predicted octanol–water partition coefficient (Wildman–Crippen LogP) is 4.85. The van der Waals surface area contributed by atoms with Crippen LogP contribution in [0.25, 0.3) is 32.7 Å². The average molecular weight is 368 g/mol. The Bertz CT molecular complexity index is 1100. The van der Waals surface area contributed by atoms with Crippen LogP contribution in [-0.4, -0.2) is 26.9 Å². The fourth-order valence-electron chi connectivity index (χ4n) is 3.75. The van der Waals surface area contributed by atoms with Crippen LogP contribution in [0, 0.1) is 0 Å². The molecule has 0 atom stereocenters. The smallest absolute Gasteiger partial charge is 0.213 e. The van der Waals surface area contributed by atoms with Gasteiger partial charge in [0.05, 0.1) is 11.4 Å². The Morgan fingerprint density at radius 2 is 0.964 bits per heavy atom. The van der Waals surface area contributed by atoms with E-state index in [4.69, 9.17) is 0 Å². The molecule has 0 saturated heterocycles. The molecule has 0 N–H and O–H groups in total. The zero-order valence-corrected chi connectivity index (χ0v) is 15.8. The first-order valence-corrected chi connectivity index (χ1v) is 9.06. The van der Waals surface area contributed by atoms with Crippen LogP contribution in [0.2, 0.25) is 0 Å². The van der Waals surface area contributed by atoms with Gasteiger partial charge in [-0.05, 0) is 33.7 Å². The van der Waals surface area contributed by atoms with Crippen molar-refractivity contribution in [2.45, 2.75) is 0 Å². The molecule has 0 aromatic heterocycles. The number of hydrogen-bond donors (Lipinski definition) is 0. The van der Waals surface area contributed by atoms with Crippen LogP contribution in [0.15, 0.2) is 72.8 Å². The van der Waals surface area contributed by atoms with Gasteiger partial charge in [-0.15, -0.1) is 0 Å². The molecule has 0 aliphatic heterocycles. The molecular formula is C24H20N2O2. The molecule has 0 unspecified atom stereocenters. The molecule has 0 spiro atoms. The molecule has 138 valence electrons. The van der Waals surface area contributed by atoms with Crippen molar-refractivity contribution in [2.75, 3.05) is 23.9 Å². The van der Waals surface area contributed by atoms with Gasteiger partial charge in [0, 0.05) is 25.2 Å². The second kappa shape index (κ2) is 7.16. The van der Waals surface area contributed by atoms with Crippen LogP contribution in [0.3, 0.4) is 0 Å². The molecule has 0 radical (unpaired) electrons. The highest BCUT2D eigenvalue weighted by atomic mass is 16.1. The number of fused-ring (bicyclic) bond motifs is 2. The molecule has 0 saturated carbocycles. The van der Waals surface area contributed by atoms with Crippen LogP contribution in [0.4, 0.5) is 11.4 Å². The highest BCUT2D eigenvalue weighted by molar-refractivity contribution is 6.15. The second-order valence-electron chi connectivity index (χ2n) is 6.79. The Morgan fingerprint density at radius 1 is 0.571 bits per heavy atom. The van der Waals surface area contributed by atoms with Gasteiger partial charge < -0.3 is 9.80 Å². The Kier molecular flexibility index (Phi) is 4.53. The van der Waals surface area contributed by atoms with Gasteiger partial charge in [-0.25, -0.2) is 0 Å². The molecule has 0 aliphatic rings. The van der Waals surface area contributed by atoms with Crippen molar-refractivity contribution in [1.29, 1.82) is 0 Å². The van der Waals surface area contributed by atoms with Crippen LogP contribution in [-0.2, 0) is 9.59 Å². The molecule has 4 aromatic carbocycles. The topological polar surface area (TPSA) is 40.6 Å². The number of amides is 2. The van der Waals surface area contributed by atoms with Crippen LogP contribution >= 0.6 is 0 Å². The standard InChI is InChI=1S/C24H20N2O2/c1-25(15-27)21-13-11-17-7-3-5-9-19(17)23(21)24-20-10-6-4-8-18(20)12-14-22(24)26(2)16-28/h3-16H,1-2H3. The SMILES string of the molecule is CN(C=O)c1ccc2ccccc2c1-c1c(N(C)C=O)ccc2ccccc12. The summed E-state index contributed by atoms with van der Waals surface area (Å²) in [6, 6.07) is 24.1. The maximum Gasteiger partial charge on any atom is 0.213 e. The van der Waals surface area contributed by atoms with Gasteiger partial charge in [0.15, 0.2) is 0 Å². The fraction of sp³-hybridized carbons (Fsp3) is 0.0833. The summed E-state index contributed by atoms with van der Waals surface area (Å²) in [5, 5.41) is 4.22. The Balaban J connectivity index is 2.23. The first kappa shape index (κ1) is 17.7. The van der Waals surface area contributed by atoms with Crippen molar-refractivity contribution < 1.29 is 9.59 Å². The lowest BCUT2D eigenvalue weighted by molar-refractivity contribution is -0.108. The van der Waals surface area contributed by atoms with E-state index in [2.05, 4.69) is 24.3 Å². The van der Waals surface area contributed by atoms with E-state index in [1.807, 2.05) is 48.5 Å². The van der Waals surface area contributed by atoms with Gasteiger partial charge in [0.2, 0.25) is 12.8 Å². The average Bonchev–Trinajstić information content (AvgIpc) is 2.76. The lowest BCUT2D eigenvalue weighted by Gasteiger charge is -2.24. The van der Waals surface area contributed by atoms with Gasteiger partial charge >= 0.3 is 0 Å². The summed E-state index contributed by atoms with van der Waals surface area (Å²) in [7, 11) is 3.49. The summed E-state index contributed by atoms with van der Waals surface area (Å²) in [6.07, 6.45) is 1.61. The number of carbonyl (C=O) groups excluding carboxylic acids is 2. The quantitative estimate of drug-likeness (QED) is 0.473. The number of anilines is 2. The minimum absolute atomic E-state index is 0.797. The molecule has 28 heavy (non-hydrogen) atoms. The zero-order valence-electron chi connectivity index (χ0n) is 15.8. The van der Waals surface area contributed by atoms with E-state index >= 15 is 0 Å². The van der Waals surface area contributed by atoms with Gasteiger partial charge in [0.25, 0.3) is 0 Å². The van der Waals surface area contributed by atoms with Gasteiger partial charge in [-0.2, -0.15) is 0 Å². The first-order chi connectivity index (χ1) is 13.7. The van der Waals surface area contributed by atoms with E-state index in [-0.39, 0.29) is 0 Å². The van der Waals surface area contributed by atoms with E-state index in [9.17, 15) is 9.59 Å². The monoisotopic (exact) mass is 368 g/mol. The summed E-state index contributed by atoms with van der Waals surface area (Å²) in [4.78, 5) is 26.4. The summed E-state index contributed by atoms with van der Waals surface area (Å²) >= 11 is 0. The van der Waals surface area contributed by atoms with Gasteiger partial charge in [-0.1, -0.05) is 60.7 Å². The third-order valence-electron chi connectivity index (χ3n) is 5.14. The molecule has 2 amide bonds. The zero-order chi connectivity index (χ0) is 19.7. The predicted molar refractivity (Wildman–Crippen MR) is 116 cm³/mol. The van der Waals surface area contributed by atoms with Crippen LogP contribution < -0.4 is 9.80 Å². The molecule has 4 heteroatoms. The maximum absolute atomic E-state index is 11.6. The molecular weight excluding hydrogens is 348 g/mol. The highest BCUT2D eigenvalue weighted by Crippen LogP contribution is 2.44. The number of carbonyl (C=O) groups is 2. The third-order valence-corrected chi connectivity index (χ3v) is 5.14. The van der Waals surface area contributed by atoms with E-state index < -0.39 is 0 Å². The minimum Gasteiger partial charge on any atom is -0.317 e. The summed E-state index contributed by atoms with van der Waals surface area (Å²) in [5.41, 5.74) is 3.47.